The quantitative estimate of drug-likeness (QED) is 0.804. The second-order valence-corrected chi connectivity index (χ2v) is 7.54. The van der Waals surface area contributed by atoms with Crippen LogP contribution in [0, 0.1) is 13.8 Å². The van der Waals surface area contributed by atoms with E-state index in [0.29, 0.717) is 12.6 Å². The van der Waals surface area contributed by atoms with Crippen LogP contribution in [0.25, 0.3) is 0 Å². The van der Waals surface area contributed by atoms with Crippen LogP contribution in [0.3, 0.4) is 0 Å². The number of amides is 2. The average molecular weight is 398 g/mol. The van der Waals surface area contributed by atoms with Crippen molar-refractivity contribution in [3.63, 3.8) is 0 Å². The molecular formula is C21H26N4O4. The largest absolute Gasteiger partial charge is 0.460 e. The molecule has 2 heterocycles. The number of aromatic nitrogens is 2. The van der Waals surface area contributed by atoms with Crippen molar-refractivity contribution in [3.05, 3.63) is 41.2 Å². The zero-order valence-corrected chi connectivity index (χ0v) is 16.7. The molecular weight excluding hydrogens is 372 g/mol. The molecule has 0 atom stereocenters. The summed E-state index contributed by atoms with van der Waals surface area (Å²) in [5.74, 6) is 1.46. The van der Waals surface area contributed by atoms with Crippen molar-refractivity contribution in [2.24, 2.45) is 0 Å². The van der Waals surface area contributed by atoms with Gasteiger partial charge < -0.3 is 24.8 Å². The number of carbonyl (C=O) groups excluding carboxylic acids is 1. The van der Waals surface area contributed by atoms with Gasteiger partial charge in [0, 0.05) is 24.0 Å². The summed E-state index contributed by atoms with van der Waals surface area (Å²) in [7, 11) is 0. The van der Waals surface area contributed by atoms with Crippen LogP contribution in [0.15, 0.2) is 24.3 Å². The van der Waals surface area contributed by atoms with E-state index in [2.05, 4.69) is 20.6 Å². The Balaban J connectivity index is 1.19. The van der Waals surface area contributed by atoms with E-state index in [1.165, 1.54) is 0 Å². The molecule has 0 radical (unpaired) electrons. The van der Waals surface area contributed by atoms with E-state index >= 15 is 0 Å². The molecule has 1 aromatic carbocycles. The van der Waals surface area contributed by atoms with Gasteiger partial charge in [0.15, 0.2) is 11.5 Å². The van der Waals surface area contributed by atoms with Crippen molar-refractivity contribution < 1.29 is 19.0 Å². The zero-order chi connectivity index (χ0) is 20.2. The monoisotopic (exact) mass is 398 g/mol. The van der Waals surface area contributed by atoms with E-state index in [-0.39, 0.29) is 25.0 Å². The van der Waals surface area contributed by atoms with Gasteiger partial charge in [0.25, 0.3) is 0 Å². The number of fused-ring (bicyclic) bond motifs is 1. The number of ether oxygens (including phenoxy) is 3. The molecule has 2 amide bonds. The molecule has 4 rings (SSSR count). The van der Waals surface area contributed by atoms with Crippen LogP contribution < -0.4 is 24.8 Å². The van der Waals surface area contributed by atoms with Crippen molar-refractivity contribution in [1.82, 2.24) is 20.6 Å². The van der Waals surface area contributed by atoms with Gasteiger partial charge in [-0.25, -0.2) is 14.8 Å². The van der Waals surface area contributed by atoms with Gasteiger partial charge in [0.05, 0.1) is 0 Å². The Labute approximate surface area is 170 Å². The smallest absolute Gasteiger partial charge is 0.317 e. The number of nitrogens with zero attached hydrogens (tertiary/aromatic N) is 2. The van der Waals surface area contributed by atoms with Gasteiger partial charge in [-0.05, 0) is 63.3 Å². The molecule has 1 aliphatic heterocycles. The van der Waals surface area contributed by atoms with Crippen LogP contribution in [0.4, 0.5) is 4.79 Å². The van der Waals surface area contributed by atoms with Crippen molar-refractivity contribution in [2.45, 2.75) is 58.2 Å². The first-order valence-electron chi connectivity index (χ1n) is 9.97. The minimum Gasteiger partial charge on any atom is -0.460 e. The Bertz CT molecular complexity index is 861. The van der Waals surface area contributed by atoms with Crippen LogP contribution in [0.1, 0.15) is 42.6 Å². The summed E-state index contributed by atoms with van der Waals surface area (Å²) in [6.45, 7) is 4.55. The lowest BCUT2D eigenvalue weighted by atomic mass is 9.93. The van der Waals surface area contributed by atoms with E-state index in [4.69, 9.17) is 14.2 Å². The molecule has 8 nitrogen and oxygen atoms in total. The third kappa shape index (κ3) is 5.07. The van der Waals surface area contributed by atoms with Crippen molar-refractivity contribution >= 4 is 6.03 Å². The van der Waals surface area contributed by atoms with Gasteiger partial charge in [0.1, 0.15) is 6.10 Å². The lowest BCUT2D eigenvalue weighted by molar-refractivity contribution is 0.128. The number of benzene rings is 1. The summed E-state index contributed by atoms with van der Waals surface area (Å²) >= 11 is 0. The summed E-state index contributed by atoms with van der Waals surface area (Å²) < 4.78 is 16.6. The normalized spacial score (nSPS) is 20.2. The summed E-state index contributed by atoms with van der Waals surface area (Å²) in [5, 5.41) is 5.95. The Hall–Kier alpha value is -3.03. The summed E-state index contributed by atoms with van der Waals surface area (Å²) in [4.78, 5) is 20.9. The first-order chi connectivity index (χ1) is 14.0. The predicted octanol–water partition coefficient (Wildman–Crippen LogP) is 3.01. The van der Waals surface area contributed by atoms with E-state index in [1.807, 2.05) is 38.1 Å². The molecule has 8 heteroatoms. The third-order valence-corrected chi connectivity index (χ3v) is 5.13. The molecule has 1 aromatic heterocycles. The van der Waals surface area contributed by atoms with E-state index in [0.717, 1.165) is 54.1 Å². The molecule has 2 aromatic rings. The maximum absolute atomic E-state index is 12.2. The Morgan fingerprint density at radius 3 is 2.55 bits per heavy atom. The number of rotatable bonds is 5. The molecule has 0 bridgehead atoms. The number of hydrogen-bond acceptors (Lipinski definition) is 6. The highest BCUT2D eigenvalue weighted by Crippen LogP contribution is 2.32. The molecule has 1 fully saturated rings. The molecule has 2 aliphatic rings. The SMILES string of the molecule is Cc1cc(C)nc(OC2CCC(NC(=O)NCc3ccc4c(c3)OCO4)CC2)n1. The highest BCUT2D eigenvalue weighted by molar-refractivity contribution is 5.74. The maximum Gasteiger partial charge on any atom is 0.317 e. The van der Waals surface area contributed by atoms with Crippen molar-refractivity contribution in [1.29, 1.82) is 0 Å². The molecule has 1 saturated carbocycles. The van der Waals surface area contributed by atoms with E-state index in [1.54, 1.807) is 0 Å². The van der Waals surface area contributed by atoms with Gasteiger partial charge >= 0.3 is 12.0 Å². The van der Waals surface area contributed by atoms with Crippen molar-refractivity contribution in [3.8, 4) is 17.5 Å². The maximum atomic E-state index is 12.2. The number of hydrogen-bond donors (Lipinski definition) is 2. The Morgan fingerprint density at radius 2 is 1.79 bits per heavy atom. The summed E-state index contributed by atoms with van der Waals surface area (Å²) in [5.41, 5.74) is 2.78. The first-order valence-corrected chi connectivity index (χ1v) is 9.97. The van der Waals surface area contributed by atoms with Crippen LogP contribution in [-0.2, 0) is 6.54 Å². The fourth-order valence-corrected chi connectivity index (χ4v) is 3.69. The number of carbonyl (C=O) groups is 1. The third-order valence-electron chi connectivity index (χ3n) is 5.13. The molecule has 154 valence electrons. The van der Waals surface area contributed by atoms with Crippen molar-refractivity contribution in [2.75, 3.05) is 6.79 Å². The standard InChI is InChI=1S/C21H26N4O4/c1-13-9-14(2)24-21(23-13)29-17-6-4-16(5-7-17)25-20(26)22-11-15-3-8-18-19(10-15)28-12-27-18/h3,8-10,16-17H,4-7,11-12H2,1-2H3,(H2,22,25,26). The van der Waals surface area contributed by atoms with Gasteiger partial charge in [-0.1, -0.05) is 6.07 Å². The molecule has 29 heavy (non-hydrogen) atoms. The Kier molecular flexibility index (Phi) is 5.69. The zero-order valence-electron chi connectivity index (χ0n) is 16.7. The number of nitrogens with one attached hydrogen (secondary N) is 2. The first kappa shape index (κ1) is 19.3. The molecule has 0 spiro atoms. The van der Waals surface area contributed by atoms with Crippen LogP contribution >= 0.6 is 0 Å². The fraction of sp³-hybridized carbons (Fsp3) is 0.476. The van der Waals surface area contributed by atoms with Gasteiger partial charge in [-0.3, -0.25) is 0 Å². The molecule has 1 aliphatic carbocycles. The molecule has 2 N–H and O–H groups in total. The Morgan fingerprint density at radius 1 is 1.07 bits per heavy atom. The predicted molar refractivity (Wildman–Crippen MR) is 106 cm³/mol. The van der Waals surface area contributed by atoms with Crippen LogP contribution in [-0.4, -0.2) is 34.9 Å². The van der Waals surface area contributed by atoms with Crippen LogP contribution in [0.2, 0.25) is 0 Å². The lowest BCUT2D eigenvalue weighted by Crippen LogP contribution is -2.44. The van der Waals surface area contributed by atoms with Gasteiger partial charge in [0.2, 0.25) is 6.79 Å². The highest BCUT2D eigenvalue weighted by Gasteiger charge is 2.24. The minimum absolute atomic E-state index is 0.0888. The second kappa shape index (κ2) is 8.55. The number of urea groups is 1. The topological polar surface area (TPSA) is 94.6 Å². The summed E-state index contributed by atoms with van der Waals surface area (Å²) in [6.07, 6.45) is 3.55. The van der Waals surface area contributed by atoms with Crippen LogP contribution in [0.5, 0.6) is 17.5 Å². The molecule has 0 unspecified atom stereocenters. The fourth-order valence-electron chi connectivity index (χ4n) is 3.69. The highest BCUT2D eigenvalue weighted by atomic mass is 16.7. The summed E-state index contributed by atoms with van der Waals surface area (Å²) in [6, 6.07) is 8.02. The minimum atomic E-state index is -0.162. The van der Waals surface area contributed by atoms with E-state index < -0.39 is 0 Å². The number of aryl methyl sites for hydroxylation is 2. The molecule has 0 saturated heterocycles. The van der Waals surface area contributed by atoms with E-state index in [9.17, 15) is 4.79 Å². The lowest BCUT2D eigenvalue weighted by Gasteiger charge is -2.29. The van der Waals surface area contributed by atoms with Gasteiger partial charge in [-0.2, -0.15) is 0 Å². The second-order valence-electron chi connectivity index (χ2n) is 7.54. The van der Waals surface area contributed by atoms with Gasteiger partial charge in [-0.15, -0.1) is 0 Å². The average Bonchev–Trinajstić information content (AvgIpc) is 3.15.